The monoisotopic (exact) mass is 365 g/mol. The molecular formula is C17H23N3O4S. The van der Waals surface area contributed by atoms with Gasteiger partial charge in [0, 0.05) is 26.3 Å². The minimum atomic E-state index is -3.68. The van der Waals surface area contributed by atoms with Crippen LogP contribution in [-0.2, 0) is 16.4 Å². The van der Waals surface area contributed by atoms with E-state index < -0.39 is 15.9 Å². The summed E-state index contributed by atoms with van der Waals surface area (Å²) < 4.78 is 30.4. The Labute approximate surface area is 148 Å². The summed E-state index contributed by atoms with van der Waals surface area (Å²) in [6, 6.07) is 10.9. The highest BCUT2D eigenvalue weighted by atomic mass is 32.2. The number of carbonyl (C=O) groups is 1. The molecule has 136 valence electrons. The lowest BCUT2D eigenvalue weighted by atomic mass is 10.1. The first-order valence-electron chi connectivity index (χ1n) is 7.91. The molecule has 0 fully saturated rings. The van der Waals surface area contributed by atoms with E-state index in [1.807, 2.05) is 19.0 Å². The van der Waals surface area contributed by atoms with Crippen LogP contribution < -0.4 is 14.9 Å². The van der Waals surface area contributed by atoms with Crippen LogP contribution in [0, 0.1) is 0 Å². The Kier molecular flexibility index (Phi) is 6.22. The molecule has 2 aromatic rings. The number of carbonyl (C=O) groups excluding carboxylic acids is 1. The van der Waals surface area contributed by atoms with Gasteiger partial charge in [0.1, 0.15) is 0 Å². The number of nitrogens with zero attached hydrogens (tertiary/aromatic N) is 1. The van der Waals surface area contributed by atoms with Gasteiger partial charge in [-0.2, -0.15) is 0 Å². The zero-order valence-electron chi connectivity index (χ0n) is 14.6. The van der Waals surface area contributed by atoms with Crippen LogP contribution in [0.3, 0.4) is 0 Å². The van der Waals surface area contributed by atoms with Crippen LogP contribution in [0.5, 0.6) is 0 Å². The fourth-order valence-corrected chi connectivity index (χ4v) is 2.88. The molecule has 0 aliphatic carbocycles. The standard InChI is InChI=1S/C17H23N3O4S/c1-18-25(22,23)16-11-10-15(24-16)17(21)19-12-4-5-13-6-8-14(9-7-13)20(2)3/h6-11,18H,4-5,12H2,1-3H3,(H,19,21). The molecular weight excluding hydrogens is 342 g/mol. The largest absolute Gasteiger partial charge is 0.438 e. The maximum Gasteiger partial charge on any atom is 0.287 e. The van der Waals surface area contributed by atoms with Crippen molar-refractivity contribution in [3.8, 4) is 0 Å². The highest BCUT2D eigenvalue weighted by molar-refractivity contribution is 7.89. The third-order valence-corrected chi connectivity index (χ3v) is 5.01. The third kappa shape index (κ3) is 5.07. The van der Waals surface area contributed by atoms with Gasteiger partial charge in [-0.3, -0.25) is 4.79 Å². The van der Waals surface area contributed by atoms with Crippen molar-refractivity contribution in [2.24, 2.45) is 0 Å². The molecule has 0 spiro atoms. The molecule has 1 heterocycles. The average Bonchev–Trinajstić information content (AvgIpc) is 3.10. The van der Waals surface area contributed by atoms with Gasteiger partial charge in [-0.1, -0.05) is 12.1 Å². The Morgan fingerprint density at radius 2 is 1.80 bits per heavy atom. The van der Waals surface area contributed by atoms with Crippen LogP contribution in [0.1, 0.15) is 22.5 Å². The third-order valence-electron chi connectivity index (χ3n) is 3.72. The second-order valence-electron chi connectivity index (χ2n) is 5.75. The van der Waals surface area contributed by atoms with Gasteiger partial charge in [0.25, 0.3) is 15.9 Å². The normalized spacial score (nSPS) is 11.3. The van der Waals surface area contributed by atoms with Crippen molar-refractivity contribution in [2.45, 2.75) is 17.9 Å². The first-order chi connectivity index (χ1) is 11.8. The van der Waals surface area contributed by atoms with Gasteiger partial charge in [0.05, 0.1) is 0 Å². The molecule has 0 radical (unpaired) electrons. The maximum atomic E-state index is 12.0. The fraction of sp³-hybridized carbons (Fsp3) is 0.353. The highest BCUT2D eigenvalue weighted by Gasteiger charge is 2.19. The van der Waals surface area contributed by atoms with Gasteiger partial charge < -0.3 is 14.6 Å². The molecule has 0 saturated heterocycles. The lowest BCUT2D eigenvalue weighted by Gasteiger charge is -2.12. The molecule has 1 aromatic heterocycles. The maximum absolute atomic E-state index is 12.0. The van der Waals surface area contributed by atoms with Crippen LogP contribution in [0.25, 0.3) is 0 Å². The number of rotatable bonds is 8. The summed E-state index contributed by atoms with van der Waals surface area (Å²) in [4.78, 5) is 14.0. The van der Waals surface area contributed by atoms with Crippen LogP contribution in [0.4, 0.5) is 5.69 Å². The van der Waals surface area contributed by atoms with Gasteiger partial charge in [0.2, 0.25) is 5.09 Å². The van der Waals surface area contributed by atoms with Crippen molar-refractivity contribution < 1.29 is 17.6 Å². The van der Waals surface area contributed by atoms with Crippen molar-refractivity contribution in [1.29, 1.82) is 0 Å². The van der Waals surface area contributed by atoms with Gasteiger partial charge in [-0.25, -0.2) is 13.1 Å². The fourth-order valence-electron chi connectivity index (χ4n) is 2.23. The summed E-state index contributed by atoms with van der Waals surface area (Å²) >= 11 is 0. The molecule has 0 aliphatic heterocycles. The summed E-state index contributed by atoms with van der Waals surface area (Å²) in [5, 5.41) is 2.45. The SMILES string of the molecule is CNS(=O)(=O)c1ccc(C(=O)NCCCc2ccc(N(C)C)cc2)o1. The van der Waals surface area contributed by atoms with Crippen molar-refractivity contribution in [3.05, 3.63) is 47.7 Å². The van der Waals surface area contributed by atoms with Crippen LogP contribution in [0.15, 0.2) is 45.9 Å². The van der Waals surface area contributed by atoms with Crippen LogP contribution in [0.2, 0.25) is 0 Å². The predicted octanol–water partition coefficient (Wildman–Crippen LogP) is 1.62. The van der Waals surface area contributed by atoms with E-state index >= 15 is 0 Å². The molecule has 1 amide bonds. The number of amides is 1. The second-order valence-corrected chi connectivity index (χ2v) is 7.56. The molecule has 8 heteroatoms. The first-order valence-corrected chi connectivity index (χ1v) is 9.39. The zero-order chi connectivity index (χ0) is 18.4. The number of aryl methyl sites for hydroxylation is 1. The second kappa shape index (κ2) is 8.17. The Morgan fingerprint density at radius 1 is 1.12 bits per heavy atom. The van der Waals surface area contributed by atoms with E-state index in [1.165, 1.54) is 24.7 Å². The topological polar surface area (TPSA) is 91.6 Å². The molecule has 0 aliphatic rings. The lowest BCUT2D eigenvalue weighted by molar-refractivity contribution is 0.0920. The van der Waals surface area contributed by atoms with Crippen LogP contribution >= 0.6 is 0 Å². The molecule has 0 saturated carbocycles. The average molecular weight is 365 g/mol. The molecule has 1 aromatic carbocycles. The van der Waals surface area contributed by atoms with Crippen molar-refractivity contribution >= 4 is 21.6 Å². The highest BCUT2D eigenvalue weighted by Crippen LogP contribution is 2.14. The molecule has 2 N–H and O–H groups in total. The number of hydrogen-bond acceptors (Lipinski definition) is 5. The number of benzene rings is 1. The van der Waals surface area contributed by atoms with E-state index in [0.717, 1.165) is 18.5 Å². The minimum Gasteiger partial charge on any atom is -0.438 e. The minimum absolute atomic E-state index is 0.0239. The molecule has 25 heavy (non-hydrogen) atoms. The Bertz CT molecular complexity index is 811. The van der Waals surface area contributed by atoms with E-state index in [1.54, 1.807) is 0 Å². The van der Waals surface area contributed by atoms with E-state index in [9.17, 15) is 13.2 Å². The Morgan fingerprint density at radius 3 is 2.40 bits per heavy atom. The van der Waals surface area contributed by atoms with Gasteiger partial charge in [-0.05, 0) is 49.7 Å². The summed E-state index contributed by atoms with van der Waals surface area (Å²) in [5.41, 5.74) is 2.34. The summed E-state index contributed by atoms with van der Waals surface area (Å²) in [6.07, 6.45) is 1.61. The number of anilines is 1. The number of sulfonamides is 1. The van der Waals surface area contributed by atoms with E-state index in [2.05, 4.69) is 34.3 Å². The molecule has 0 atom stereocenters. The number of nitrogens with one attached hydrogen (secondary N) is 2. The molecule has 0 unspecified atom stereocenters. The number of hydrogen-bond donors (Lipinski definition) is 2. The van der Waals surface area contributed by atoms with Crippen molar-refractivity contribution in [2.75, 3.05) is 32.6 Å². The van der Waals surface area contributed by atoms with Gasteiger partial charge in [0.15, 0.2) is 5.76 Å². The van der Waals surface area contributed by atoms with E-state index in [4.69, 9.17) is 4.42 Å². The quantitative estimate of drug-likeness (QED) is 0.694. The Balaban J connectivity index is 1.81. The number of furan rings is 1. The van der Waals surface area contributed by atoms with Gasteiger partial charge >= 0.3 is 0 Å². The molecule has 2 rings (SSSR count). The van der Waals surface area contributed by atoms with E-state index in [0.29, 0.717) is 6.54 Å². The zero-order valence-corrected chi connectivity index (χ0v) is 15.4. The summed E-state index contributed by atoms with van der Waals surface area (Å²) in [5.74, 6) is -0.454. The van der Waals surface area contributed by atoms with E-state index in [-0.39, 0.29) is 10.9 Å². The lowest BCUT2D eigenvalue weighted by Crippen LogP contribution is -2.24. The summed E-state index contributed by atoms with van der Waals surface area (Å²) in [6.45, 7) is 0.475. The van der Waals surface area contributed by atoms with Crippen LogP contribution in [-0.4, -0.2) is 42.0 Å². The van der Waals surface area contributed by atoms with Crippen molar-refractivity contribution in [3.63, 3.8) is 0 Å². The van der Waals surface area contributed by atoms with Gasteiger partial charge in [-0.15, -0.1) is 0 Å². The summed E-state index contributed by atoms with van der Waals surface area (Å²) in [7, 11) is 1.58. The smallest absolute Gasteiger partial charge is 0.287 e. The van der Waals surface area contributed by atoms with Crippen molar-refractivity contribution in [1.82, 2.24) is 10.0 Å². The molecule has 7 nitrogen and oxygen atoms in total. The Hall–Kier alpha value is -2.32. The molecule has 0 bridgehead atoms. The first kappa shape index (κ1) is 19.0. The predicted molar refractivity (Wildman–Crippen MR) is 96.4 cm³/mol.